The fourth-order valence-corrected chi connectivity index (χ4v) is 24.4. The van der Waals surface area contributed by atoms with E-state index in [1.54, 1.807) is 0 Å². The van der Waals surface area contributed by atoms with Crippen LogP contribution in [0.4, 0.5) is 11.4 Å². The molecule has 8 aromatic heterocycles. The summed E-state index contributed by atoms with van der Waals surface area (Å²) in [5.74, 6) is 0. The van der Waals surface area contributed by atoms with E-state index >= 15 is 0 Å². The highest BCUT2D eigenvalue weighted by Gasteiger charge is 2.35. The fraction of sp³-hybridized carbons (Fsp3) is 0. The lowest BCUT2D eigenvalue weighted by molar-refractivity contribution is 0.668. The Balaban J connectivity index is 0.000000107. The highest BCUT2D eigenvalue weighted by molar-refractivity contribution is 7.26. The van der Waals surface area contributed by atoms with Crippen LogP contribution in [-0.2, 0) is 0 Å². The van der Waals surface area contributed by atoms with E-state index in [0.717, 1.165) is 192 Å². The van der Waals surface area contributed by atoms with Gasteiger partial charge in [0.2, 0.25) is 11.4 Å². The van der Waals surface area contributed by atoms with Crippen LogP contribution in [0, 0.1) is 13.1 Å². The quantitative estimate of drug-likeness (QED) is 0.107. The van der Waals surface area contributed by atoms with E-state index in [-0.39, 0.29) is 0 Å². The number of aromatic nitrogens is 4. The number of hydrogen-bond donors (Lipinski definition) is 0. The van der Waals surface area contributed by atoms with Crippen LogP contribution in [0.1, 0.15) is 0 Å². The topological polar surface area (TPSA) is 67.9 Å². The van der Waals surface area contributed by atoms with Crippen molar-refractivity contribution in [3.8, 4) is 78.4 Å². The standard InChI is InChI=1S/C56H32N6.C42H24O3.C36H22S/c1-57-51-53(59-43-27-11-3-19-35(43)36-20-4-12-28-44(36)59)52(58-2)55(61-47-31-15-7-23-39(47)40-24-8-16-32-48(40)61)56(62-49-33-17-9-25-41(49)42-26-10-18-34-50(42)62)54(51)60-45-29-13-5-21-37(45)38-22-6-14-30-46(38)60;1-4-10-37-31(7-1)34-22-25(13-16-40(34)43-37)28-19-29(26-14-17-41-35(23-26)32-8-2-5-11-38(32)44-41)21-30(20-28)27-15-18-42-36(24-27)33-9-3-6-12-39(33)45-42;1-2-13-29-27(11-1)28-12-3-4-14-30(28)34-22-24(19-20-31(29)34)23-9-7-10-25(21-23)26-16-8-17-33-32-15-5-6-18-35(32)37-36(26)33/h3-34H;1-24H;1-22H. The van der Waals surface area contributed by atoms with Gasteiger partial charge in [-0.2, -0.15) is 0 Å². The molecule has 9 nitrogen and oxygen atoms in total. The number of rotatable bonds is 9. The minimum atomic E-state index is 0.385. The summed E-state index contributed by atoms with van der Waals surface area (Å²) in [6.07, 6.45) is 0. The second-order valence-electron chi connectivity index (χ2n) is 37.2. The average Bonchev–Trinajstić information content (AvgIpc) is 1.51. The Morgan fingerprint density at radius 1 is 0.167 bits per heavy atom. The monoisotopic (exact) mass is 1850 g/mol. The van der Waals surface area contributed by atoms with Crippen LogP contribution < -0.4 is 0 Å². The van der Waals surface area contributed by atoms with Crippen molar-refractivity contribution in [3.63, 3.8) is 0 Å². The Morgan fingerprint density at radius 2 is 0.417 bits per heavy atom. The summed E-state index contributed by atoms with van der Waals surface area (Å²) in [5.41, 5.74) is 28.5. The van der Waals surface area contributed by atoms with Crippen LogP contribution in [0.2, 0.25) is 0 Å². The fourth-order valence-electron chi connectivity index (χ4n) is 23.2. The molecular formula is C134H78N6O3S. The third-order valence-corrected chi connectivity index (χ3v) is 30.7. The predicted octanol–water partition coefficient (Wildman–Crippen LogP) is 38.4. The van der Waals surface area contributed by atoms with Gasteiger partial charge in [0.1, 0.15) is 33.5 Å². The van der Waals surface area contributed by atoms with Gasteiger partial charge in [-0.25, -0.2) is 9.69 Å². The highest BCUT2D eigenvalue weighted by Crippen LogP contribution is 2.56. The van der Waals surface area contributed by atoms with Crippen LogP contribution in [0.25, 0.3) is 294 Å². The molecule has 0 spiro atoms. The first kappa shape index (κ1) is 81.8. The lowest BCUT2D eigenvalue weighted by Gasteiger charge is -2.27. The summed E-state index contributed by atoms with van der Waals surface area (Å²) in [7, 11) is 0. The van der Waals surface area contributed by atoms with Gasteiger partial charge in [0.05, 0.1) is 80.0 Å². The van der Waals surface area contributed by atoms with Gasteiger partial charge >= 0.3 is 0 Å². The van der Waals surface area contributed by atoms with E-state index in [4.69, 9.17) is 13.3 Å². The van der Waals surface area contributed by atoms with E-state index in [2.05, 4.69) is 453 Å². The van der Waals surface area contributed by atoms with Crippen molar-refractivity contribution in [1.29, 1.82) is 0 Å². The van der Waals surface area contributed by atoms with E-state index in [1.165, 1.54) is 74.7 Å². The molecule has 668 valence electrons. The van der Waals surface area contributed by atoms with Crippen molar-refractivity contribution in [3.05, 3.63) is 496 Å². The van der Waals surface area contributed by atoms with Gasteiger partial charge in [0.25, 0.3) is 0 Å². The molecule has 0 atom stereocenters. The van der Waals surface area contributed by atoms with Crippen molar-refractivity contribution in [2.24, 2.45) is 0 Å². The molecule has 31 aromatic rings. The molecule has 0 saturated heterocycles. The van der Waals surface area contributed by atoms with Crippen LogP contribution in [0.3, 0.4) is 0 Å². The van der Waals surface area contributed by atoms with Crippen molar-refractivity contribution in [1.82, 2.24) is 18.3 Å². The van der Waals surface area contributed by atoms with Gasteiger partial charge in [-0.05, 0) is 227 Å². The normalized spacial score (nSPS) is 11.9. The van der Waals surface area contributed by atoms with E-state index < -0.39 is 0 Å². The Kier molecular flexibility index (Phi) is 18.5. The first-order valence-corrected chi connectivity index (χ1v) is 49.4. The lowest BCUT2D eigenvalue weighted by Crippen LogP contribution is -2.12. The third-order valence-electron chi connectivity index (χ3n) is 29.5. The summed E-state index contributed by atoms with van der Waals surface area (Å²) in [6.45, 7) is 18.9. The molecule has 23 aromatic carbocycles. The maximum Gasteiger partial charge on any atom is 0.225 e. The van der Waals surface area contributed by atoms with Gasteiger partial charge in [0.15, 0.2) is 0 Å². The van der Waals surface area contributed by atoms with E-state index in [9.17, 15) is 13.1 Å². The molecular weight excluding hydrogens is 1770 g/mol. The van der Waals surface area contributed by atoms with Gasteiger partial charge in [-0.15, -0.1) is 11.3 Å². The third kappa shape index (κ3) is 12.7. The number of nitrogens with zero attached hydrogens (tertiary/aromatic N) is 6. The van der Waals surface area contributed by atoms with E-state index in [0.29, 0.717) is 28.4 Å². The molecule has 0 aliphatic carbocycles. The largest absolute Gasteiger partial charge is 0.456 e. The van der Waals surface area contributed by atoms with Crippen molar-refractivity contribution in [2.75, 3.05) is 0 Å². The molecule has 0 aliphatic heterocycles. The minimum absolute atomic E-state index is 0.385. The van der Waals surface area contributed by atoms with Crippen LogP contribution >= 0.6 is 11.3 Å². The lowest BCUT2D eigenvalue weighted by atomic mass is 9.91. The second kappa shape index (κ2) is 32.7. The molecule has 0 bridgehead atoms. The van der Waals surface area contributed by atoms with Gasteiger partial charge in [0, 0.05) is 95.6 Å². The zero-order valence-corrected chi connectivity index (χ0v) is 78.2. The molecule has 8 heterocycles. The van der Waals surface area contributed by atoms with Crippen LogP contribution in [-0.4, -0.2) is 18.3 Å². The molecule has 0 N–H and O–H groups in total. The van der Waals surface area contributed by atoms with Crippen molar-refractivity contribution in [2.45, 2.75) is 0 Å². The van der Waals surface area contributed by atoms with Crippen LogP contribution in [0.15, 0.2) is 486 Å². The molecule has 10 heteroatoms. The number of fused-ring (bicyclic) bond motifs is 30. The molecule has 144 heavy (non-hydrogen) atoms. The second-order valence-corrected chi connectivity index (χ2v) is 38.3. The molecule has 0 aliphatic rings. The summed E-state index contributed by atoms with van der Waals surface area (Å²) in [4.78, 5) is 9.28. The number of benzene rings is 23. The molecule has 0 radical (unpaired) electrons. The maximum atomic E-state index is 9.47. The van der Waals surface area contributed by atoms with Gasteiger partial charge in [-0.1, -0.05) is 334 Å². The zero-order chi connectivity index (χ0) is 94.9. The molecule has 0 unspecified atom stereocenters. The Labute approximate surface area is 828 Å². The van der Waals surface area contributed by atoms with Gasteiger partial charge in [-0.3, -0.25) is 0 Å². The van der Waals surface area contributed by atoms with Crippen LogP contribution in [0.5, 0.6) is 0 Å². The number of furan rings is 3. The van der Waals surface area contributed by atoms with Crippen molar-refractivity contribution >= 4 is 228 Å². The SMILES string of the molecule is [C-]#[N+]c1c(-n2c3ccccc3c3ccccc32)c([N+]#[C-])c(-n2c3ccccc3c3ccccc32)c(-n2c3ccccc3c3ccccc32)c1-n1c2ccccc2c2ccccc21.c1cc(-c2ccc3c4ccccc4c4ccccc4c3c2)cc(-c2cccc3c2sc2ccccc23)c1.c1ccc2c(c1)oc1ccc(-c3cc(-c4ccc5oc6ccccc6c5c4)cc(-c4ccc5oc6ccccc6c5c4)c3)cc12. The van der Waals surface area contributed by atoms with Crippen molar-refractivity contribution < 1.29 is 13.3 Å². The average molecular weight is 1850 g/mol. The summed E-state index contributed by atoms with van der Waals surface area (Å²) in [5, 5.41) is 25.9. The first-order chi connectivity index (χ1) is 71.4. The molecule has 0 amide bonds. The minimum Gasteiger partial charge on any atom is -0.456 e. The Bertz CT molecular complexity index is 10300. The predicted molar refractivity (Wildman–Crippen MR) is 604 cm³/mol. The first-order valence-electron chi connectivity index (χ1n) is 48.5. The Morgan fingerprint density at radius 3 is 0.792 bits per heavy atom. The number of thiophene rings is 1. The number of para-hydroxylation sites is 11. The highest BCUT2D eigenvalue weighted by atomic mass is 32.1. The summed E-state index contributed by atoms with van der Waals surface area (Å²) < 4.78 is 30.2. The molecule has 31 rings (SSSR count). The summed E-state index contributed by atoms with van der Waals surface area (Å²) in [6, 6.07) is 168. The maximum absolute atomic E-state index is 9.47. The smallest absolute Gasteiger partial charge is 0.225 e. The summed E-state index contributed by atoms with van der Waals surface area (Å²) >= 11 is 1.89. The zero-order valence-electron chi connectivity index (χ0n) is 77.3. The van der Waals surface area contributed by atoms with E-state index in [1.807, 2.05) is 59.9 Å². The number of hydrogen-bond acceptors (Lipinski definition) is 4. The van der Waals surface area contributed by atoms with Gasteiger partial charge < -0.3 is 31.5 Å². The molecule has 0 saturated carbocycles. The molecule has 0 fully saturated rings. The Hall–Kier alpha value is -19.4.